The molecular formula is C14H22OS. The van der Waals surface area contributed by atoms with E-state index in [1.54, 1.807) is 11.3 Å². The van der Waals surface area contributed by atoms with Crippen LogP contribution in [0.4, 0.5) is 0 Å². The topological polar surface area (TPSA) is 17.1 Å². The van der Waals surface area contributed by atoms with Gasteiger partial charge in [-0.05, 0) is 28.8 Å². The molecule has 0 bridgehead atoms. The Kier molecular flexibility index (Phi) is 6.39. The number of carbonyl (C=O) groups is 1. The summed E-state index contributed by atoms with van der Waals surface area (Å²) in [7, 11) is 0. The van der Waals surface area contributed by atoms with Gasteiger partial charge < -0.3 is 0 Å². The molecule has 0 amide bonds. The molecule has 0 aliphatic heterocycles. The van der Waals surface area contributed by atoms with Crippen molar-refractivity contribution >= 4 is 17.1 Å². The molecule has 0 fully saturated rings. The Morgan fingerprint density at radius 1 is 1.38 bits per heavy atom. The van der Waals surface area contributed by atoms with Gasteiger partial charge in [-0.3, -0.25) is 4.79 Å². The number of thiophene rings is 1. The summed E-state index contributed by atoms with van der Waals surface area (Å²) in [5.74, 6) is 0.631. The van der Waals surface area contributed by atoms with Crippen LogP contribution >= 0.6 is 11.3 Å². The van der Waals surface area contributed by atoms with Gasteiger partial charge in [0.2, 0.25) is 0 Å². The van der Waals surface area contributed by atoms with E-state index in [2.05, 4.69) is 19.2 Å². The molecule has 1 aromatic heterocycles. The maximum atomic E-state index is 11.9. The molecule has 1 heterocycles. The highest BCUT2D eigenvalue weighted by atomic mass is 32.1. The Morgan fingerprint density at radius 2 is 2.19 bits per heavy atom. The molecule has 1 atom stereocenters. The minimum absolute atomic E-state index is 0.233. The standard InChI is InChI=1S/C14H22OS/c1-3-4-5-6-7-12(2)14(15)10-13-8-9-16-11-13/h8-9,11-12H,3-7,10H2,1-2H3. The van der Waals surface area contributed by atoms with Crippen LogP contribution in [0, 0.1) is 5.92 Å². The summed E-state index contributed by atoms with van der Waals surface area (Å²) in [6, 6.07) is 2.05. The lowest BCUT2D eigenvalue weighted by atomic mass is 9.95. The molecule has 0 aliphatic carbocycles. The van der Waals surface area contributed by atoms with E-state index in [1.165, 1.54) is 31.2 Å². The zero-order valence-electron chi connectivity index (χ0n) is 10.4. The van der Waals surface area contributed by atoms with Crippen molar-refractivity contribution in [1.29, 1.82) is 0 Å². The second kappa shape index (κ2) is 7.61. The van der Waals surface area contributed by atoms with Gasteiger partial charge in [0.1, 0.15) is 5.78 Å². The number of carbonyl (C=O) groups excluding carboxylic acids is 1. The number of hydrogen-bond donors (Lipinski definition) is 0. The molecule has 1 aromatic rings. The van der Waals surface area contributed by atoms with E-state index in [0.29, 0.717) is 12.2 Å². The van der Waals surface area contributed by atoms with Crippen LogP contribution in [0.3, 0.4) is 0 Å². The van der Waals surface area contributed by atoms with E-state index >= 15 is 0 Å². The van der Waals surface area contributed by atoms with Crippen molar-refractivity contribution in [3.63, 3.8) is 0 Å². The molecular weight excluding hydrogens is 216 g/mol. The summed E-state index contributed by atoms with van der Waals surface area (Å²) in [5.41, 5.74) is 1.18. The highest BCUT2D eigenvalue weighted by Crippen LogP contribution is 2.15. The highest BCUT2D eigenvalue weighted by Gasteiger charge is 2.12. The number of unbranched alkanes of at least 4 members (excludes halogenated alkanes) is 3. The number of hydrogen-bond acceptors (Lipinski definition) is 2. The first kappa shape index (κ1) is 13.4. The van der Waals surface area contributed by atoms with E-state index < -0.39 is 0 Å². The Bertz CT molecular complexity index is 290. The predicted molar refractivity (Wildman–Crippen MR) is 71.0 cm³/mol. The summed E-state index contributed by atoms with van der Waals surface area (Å²) in [4.78, 5) is 11.9. The van der Waals surface area contributed by atoms with Gasteiger partial charge in [0.25, 0.3) is 0 Å². The first-order chi connectivity index (χ1) is 7.74. The molecule has 1 nitrogen and oxygen atoms in total. The van der Waals surface area contributed by atoms with Crippen molar-refractivity contribution in [3.05, 3.63) is 22.4 Å². The first-order valence-electron chi connectivity index (χ1n) is 6.27. The van der Waals surface area contributed by atoms with Gasteiger partial charge in [-0.2, -0.15) is 11.3 Å². The lowest BCUT2D eigenvalue weighted by Crippen LogP contribution is -2.13. The molecule has 2 heteroatoms. The third kappa shape index (κ3) is 4.93. The smallest absolute Gasteiger partial charge is 0.140 e. The summed E-state index contributed by atoms with van der Waals surface area (Å²) in [6.45, 7) is 4.28. The van der Waals surface area contributed by atoms with Gasteiger partial charge in [-0.15, -0.1) is 0 Å². The van der Waals surface area contributed by atoms with Crippen molar-refractivity contribution in [2.75, 3.05) is 0 Å². The Morgan fingerprint density at radius 3 is 2.81 bits per heavy atom. The van der Waals surface area contributed by atoms with Gasteiger partial charge in [-0.1, -0.05) is 39.5 Å². The number of ketones is 1. The van der Waals surface area contributed by atoms with E-state index in [1.807, 2.05) is 11.4 Å². The van der Waals surface area contributed by atoms with Crippen LogP contribution in [0.25, 0.3) is 0 Å². The predicted octanol–water partition coefficient (Wildman–Crippen LogP) is 4.47. The third-order valence-electron chi connectivity index (χ3n) is 3.00. The molecule has 0 spiro atoms. The second-order valence-electron chi connectivity index (χ2n) is 4.53. The molecule has 1 unspecified atom stereocenters. The second-order valence-corrected chi connectivity index (χ2v) is 5.31. The summed E-state index contributed by atoms with van der Waals surface area (Å²) < 4.78 is 0. The molecule has 0 saturated carbocycles. The number of rotatable bonds is 8. The van der Waals surface area contributed by atoms with Gasteiger partial charge in [-0.25, -0.2) is 0 Å². The van der Waals surface area contributed by atoms with Crippen LogP contribution in [0.2, 0.25) is 0 Å². The van der Waals surface area contributed by atoms with Crippen LogP contribution in [0.15, 0.2) is 16.8 Å². The lowest BCUT2D eigenvalue weighted by Gasteiger charge is -2.09. The van der Waals surface area contributed by atoms with Crippen LogP contribution in [0.5, 0.6) is 0 Å². The van der Waals surface area contributed by atoms with Gasteiger partial charge >= 0.3 is 0 Å². The Labute approximate surface area is 103 Å². The van der Waals surface area contributed by atoms with Crippen molar-refractivity contribution < 1.29 is 4.79 Å². The van der Waals surface area contributed by atoms with Crippen LogP contribution in [-0.2, 0) is 11.2 Å². The maximum absolute atomic E-state index is 11.9. The molecule has 0 saturated heterocycles. The summed E-state index contributed by atoms with van der Waals surface area (Å²) in [6.07, 6.45) is 6.71. The molecule has 1 rings (SSSR count). The van der Waals surface area contributed by atoms with Gasteiger partial charge in [0, 0.05) is 12.3 Å². The number of Topliss-reactive ketones (excluding diaryl/α,β-unsaturated/α-hetero) is 1. The zero-order chi connectivity index (χ0) is 11.8. The van der Waals surface area contributed by atoms with Crippen molar-refractivity contribution in [3.8, 4) is 0 Å². The zero-order valence-corrected chi connectivity index (χ0v) is 11.2. The highest BCUT2D eigenvalue weighted by molar-refractivity contribution is 7.07. The summed E-state index contributed by atoms with van der Waals surface area (Å²) >= 11 is 1.67. The van der Waals surface area contributed by atoms with Crippen LogP contribution in [0.1, 0.15) is 51.5 Å². The van der Waals surface area contributed by atoms with E-state index in [-0.39, 0.29) is 5.92 Å². The molecule has 0 radical (unpaired) electrons. The molecule has 0 N–H and O–H groups in total. The SMILES string of the molecule is CCCCCCC(C)C(=O)Cc1ccsc1. The first-order valence-corrected chi connectivity index (χ1v) is 7.22. The normalized spacial score (nSPS) is 12.6. The van der Waals surface area contributed by atoms with Gasteiger partial charge in [0.15, 0.2) is 0 Å². The van der Waals surface area contributed by atoms with Crippen LogP contribution in [-0.4, -0.2) is 5.78 Å². The third-order valence-corrected chi connectivity index (χ3v) is 3.73. The largest absolute Gasteiger partial charge is 0.299 e. The fourth-order valence-corrected chi connectivity index (χ4v) is 2.48. The van der Waals surface area contributed by atoms with E-state index in [4.69, 9.17) is 0 Å². The quantitative estimate of drug-likeness (QED) is 0.611. The van der Waals surface area contributed by atoms with Crippen molar-refractivity contribution in [1.82, 2.24) is 0 Å². The Balaban J connectivity index is 2.20. The molecule has 0 aromatic carbocycles. The van der Waals surface area contributed by atoms with Gasteiger partial charge in [0.05, 0.1) is 0 Å². The van der Waals surface area contributed by atoms with Crippen molar-refractivity contribution in [2.45, 2.75) is 52.4 Å². The van der Waals surface area contributed by atoms with E-state index in [9.17, 15) is 4.79 Å². The van der Waals surface area contributed by atoms with E-state index in [0.717, 1.165) is 6.42 Å². The average Bonchev–Trinajstić information content (AvgIpc) is 2.76. The maximum Gasteiger partial charge on any atom is 0.140 e. The molecule has 16 heavy (non-hydrogen) atoms. The fourth-order valence-electron chi connectivity index (χ4n) is 1.81. The average molecular weight is 238 g/mol. The lowest BCUT2D eigenvalue weighted by molar-refractivity contribution is -0.121. The molecule has 90 valence electrons. The monoisotopic (exact) mass is 238 g/mol. The summed E-state index contributed by atoms with van der Waals surface area (Å²) in [5, 5.41) is 4.11. The minimum atomic E-state index is 0.233. The van der Waals surface area contributed by atoms with Crippen LogP contribution < -0.4 is 0 Å². The minimum Gasteiger partial charge on any atom is -0.299 e. The fraction of sp³-hybridized carbons (Fsp3) is 0.643. The van der Waals surface area contributed by atoms with Crippen molar-refractivity contribution in [2.24, 2.45) is 5.92 Å². The Hall–Kier alpha value is -0.630. The molecule has 0 aliphatic rings.